The third-order valence-electron chi connectivity index (χ3n) is 3.33. The van der Waals surface area contributed by atoms with Gasteiger partial charge in [0.25, 0.3) is 0 Å². The third-order valence-corrected chi connectivity index (χ3v) is 3.33. The molecule has 0 spiro atoms. The van der Waals surface area contributed by atoms with Crippen molar-refractivity contribution in [3.8, 4) is 0 Å². The van der Waals surface area contributed by atoms with Crippen LogP contribution in [0, 0.1) is 5.92 Å². The van der Waals surface area contributed by atoms with Gasteiger partial charge in [-0.2, -0.15) is 0 Å². The van der Waals surface area contributed by atoms with Crippen molar-refractivity contribution in [1.29, 1.82) is 0 Å². The Balaban J connectivity index is 1.98. The summed E-state index contributed by atoms with van der Waals surface area (Å²) in [7, 11) is 4.46. The molecular formula is C12H27N3. The number of nitrogens with one attached hydrogen (secondary N) is 1. The number of hydrogen-bond acceptors (Lipinski definition) is 3. The standard InChI is InChI=1S/C12H27N3/c1-4-13-7-10-14(2)8-5-12-6-9-15(3)11-12/h12-13H,4-11H2,1-3H3. The molecule has 0 aromatic carbocycles. The molecule has 15 heavy (non-hydrogen) atoms. The first-order chi connectivity index (χ1) is 7.22. The highest BCUT2D eigenvalue weighted by molar-refractivity contribution is 4.73. The molecule has 1 unspecified atom stereocenters. The van der Waals surface area contributed by atoms with E-state index in [-0.39, 0.29) is 0 Å². The minimum Gasteiger partial charge on any atom is -0.316 e. The fourth-order valence-electron chi connectivity index (χ4n) is 2.22. The molecule has 0 bridgehead atoms. The van der Waals surface area contributed by atoms with Crippen molar-refractivity contribution in [2.75, 3.05) is 53.4 Å². The first-order valence-corrected chi connectivity index (χ1v) is 6.30. The van der Waals surface area contributed by atoms with Gasteiger partial charge in [0.05, 0.1) is 0 Å². The summed E-state index contributed by atoms with van der Waals surface area (Å²) in [6.07, 6.45) is 2.77. The van der Waals surface area contributed by atoms with Crippen molar-refractivity contribution >= 4 is 0 Å². The minimum atomic E-state index is 0.941. The van der Waals surface area contributed by atoms with Gasteiger partial charge in [0.2, 0.25) is 0 Å². The van der Waals surface area contributed by atoms with Gasteiger partial charge in [0, 0.05) is 19.6 Å². The van der Waals surface area contributed by atoms with Crippen LogP contribution >= 0.6 is 0 Å². The van der Waals surface area contributed by atoms with Crippen LogP contribution in [0.1, 0.15) is 19.8 Å². The molecule has 0 saturated carbocycles. The molecule has 1 fully saturated rings. The van der Waals surface area contributed by atoms with E-state index in [0.29, 0.717) is 0 Å². The maximum atomic E-state index is 3.36. The average molecular weight is 213 g/mol. The smallest absolute Gasteiger partial charge is 0.0104 e. The molecule has 1 aliphatic heterocycles. The summed E-state index contributed by atoms with van der Waals surface area (Å²) in [5.41, 5.74) is 0. The van der Waals surface area contributed by atoms with Crippen LogP contribution in [0.25, 0.3) is 0 Å². The summed E-state index contributed by atoms with van der Waals surface area (Å²) in [6, 6.07) is 0. The molecular weight excluding hydrogens is 186 g/mol. The van der Waals surface area contributed by atoms with Crippen molar-refractivity contribution in [2.45, 2.75) is 19.8 Å². The second-order valence-electron chi connectivity index (χ2n) is 4.86. The van der Waals surface area contributed by atoms with Crippen LogP contribution in [-0.4, -0.2) is 63.2 Å². The van der Waals surface area contributed by atoms with E-state index in [1.807, 2.05) is 0 Å². The highest BCUT2D eigenvalue weighted by atomic mass is 15.1. The molecule has 1 aliphatic rings. The molecule has 1 atom stereocenters. The average Bonchev–Trinajstić information content (AvgIpc) is 2.62. The Kier molecular flexibility index (Phi) is 6.22. The Hall–Kier alpha value is -0.120. The zero-order valence-electron chi connectivity index (χ0n) is 10.6. The van der Waals surface area contributed by atoms with E-state index in [4.69, 9.17) is 0 Å². The molecule has 3 heteroatoms. The fourth-order valence-corrected chi connectivity index (χ4v) is 2.22. The van der Waals surface area contributed by atoms with Crippen LogP contribution < -0.4 is 5.32 Å². The Labute approximate surface area is 94.8 Å². The molecule has 3 nitrogen and oxygen atoms in total. The largest absolute Gasteiger partial charge is 0.316 e. The maximum absolute atomic E-state index is 3.36. The molecule has 0 aromatic rings. The van der Waals surface area contributed by atoms with Crippen LogP contribution in [0.5, 0.6) is 0 Å². The van der Waals surface area contributed by atoms with Crippen molar-refractivity contribution in [3.63, 3.8) is 0 Å². The molecule has 90 valence electrons. The van der Waals surface area contributed by atoms with E-state index in [0.717, 1.165) is 19.0 Å². The summed E-state index contributed by atoms with van der Waals surface area (Å²) < 4.78 is 0. The number of likely N-dealkylation sites (tertiary alicyclic amines) is 1. The van der Waals surface area contributed by atoms with Crippen LogP contribution in [0.2, 0.25) is 0 Å². The van der Waals surface area contributed by atoms with E-state index in [2.05, 4.69) is 36.1 Å². The van der Waals surface area contributed by atoms with Crippen molar-refractivity contribution in [2.24, 2.45) is 5.92 Å². The summed E-state index contributed by atoms with van der Waals surface area (Å²) in [6.45, 7) is 9.40. The van der Waals surface area contributed by atoms with Gasteiger partial charge in [0.1, 0.15) is 0 Å². The summed E-state index contributed by atoms with van der Waals surface area (Å²) in [5, 5.41) is 3.36. The van der Waals surface area contributed by atoms with Gasteiger partial charge < -0.3 is 15.1 Å². The second-order valence-corrected chi connectivity index (χ2v) is 4.86. The Morgan fingerprint density at radius 3 is 2.80 bits per heavy atom. The second kappa shape index (κ2) is 7.20. The maximum Gasteiger partial charge on any atom is 0.0104 e. The molecule has 1 saturated heterocycles. The molecule has 1 rings (SSSR count). The molecule has 0 aliphatic carbocycles. The SMILES string of the molecule is CCNCCN(C)CCC1CCN(C)C1. The highest BCUT2D eigenvalue weighted by Crippen LogP contribution is 2.17. The molecule has 1 N–H and O–H groups in total. The van der Waals surface area contributed by atoms with E-state index < -0.39 is 0 Å². The third kappa shape index (κ3) is 5.50. The topological polar surface area (TPSA) is 18.5 Å². The van der Waals surface area contributed by atoms with Gasteiger partial charge in [-0.05, 0) is 52.5 Å². The first-order valence-electron chi connectivity index (χ1n) is 6.30. The zero-order valence-corrected chi connectivity index (χ0v) is 10.6. The number of rotatable bonds is 7. The minimum absolute atomic E-state index is 0.941. The first kappa shape index (κ1) is 12.9. The van der Waals surface area contributed by atoms with E-state index in [1.54, 1.807) is 0 Å². The summed E-state index contributed by atoms with van der Waals surface area (Å²) in [4.78, 5) is 4.89. The predicted molar refractivity (Wildman–Crippen MR) is 66.3 cm³/mol. The fraction of sp³-hybridized carbons (Fsp3) is 1.00. The lowest BCUT2D eigenvalue weighted by atomic mass is 10.1. The van der Waals surface area contributed by atoms with E-state index in [9.17, 15) is 0 Å². The van der Waals surface area contributed by atoms with Gasteiger partial charge in [0.15, 0.2) is 0 Å². The van der Waals surface area contributed by atoms with Crippen LogP contribution in [0.15, 0.2) is 0 Å². The monoisotopic (exact) mass is 213 g/mol. The van der Waals surface area contributed by atoms with Crippen LogP contribution in [-0.2, 0) is 0 Å². The predicted octanol–water partition coefficient (Wildman–Crippen LogP) is 0.870. The van der Waals surface area contributed by atoms with Crippen LogP contribution in [0.4, 0.5) is 0 Å². The number of likely N-dealkylation sites (N-methyl/N-ethyl adjacent to an activating group) is 2. The van der Waals surface area contributed by atoms with E-state index >= 15 is 0 Å². The van der Waals surface area contributed by atoms with Gasteiger partial charge in [-0.3, -0.25) is 0 Å². The van der Waals surface area contributed by atoms with Crippen LogP contribution in [0.3, 0.4) is 0 Å². The Bertz CT molecular complexity index is 161. The van der Waals surface area contributed by atoms with Gasteiger partial charge in [-0.25, -0.2) is 0 Å². The lowest BCUT2D eigenvalue weighted by molar-refractivity contribution is 0.296. The van der Waals surface area contributed by atoms with E-state index in [1.165, 1.54) is 39.0 Å². The summed E-state index contributed by atoms with van der Waals surface area (Å²) in [5.74, 6) is 0.941. The van der Waals surface area contributed by atoms with Crippen molar-refractivity contribution in [1.82, 2.24) is 15.1 Å². The van der Waals surface area contributed by atoms with Gasteiger partial charge in [-0.1, -0.05) is 6.92 Å². The van der Waals surface area contributed by atoms with Gasteiger partial charge >= 0.3 is 0 Å². The molecule has 0 amide bonds. The van der Waals surface area contributed by atoms with Gasteiger partial charge in [-0.15, -0.1) is 0 Å². The zero-order chi connectivity index (χ0) is 11.1. The highest BCUT2D eigenvalue weighted by Gasteiger charge is 2.19. The molecule has 0 radical (unpaired) electrons. The molecule has 0 aromatic heterocycles. The number of hydrogen-bond donors (Lipinski definition) is 1. The quantitative estimate of drug-likeness (QED) is 0.633. The normalized spacial score (nSPS) is 22.8. The Morgan fingerprint density at radius 2 is 2.20 bits per heavy atom. The summed E-state index contributed by atoms with van der Waals surface area (Å²) >= 11 is 0. The lowest BCUT2D eigenvalue weighted by Gasteiger charge is -2.19. The van der Waals surface area contributed by atoms with Crippen molar-refractivity contribution < 1.29 is 0 Å². The van der Waals surface area contributed by atoms with Crippen molar-refractivity contribution in [3.05, 3.63) is 0 Å². The lowest BCUT2D eigenvalue weighted by Crippen LogP contribution is -2.30. The Morgan fingerprint density at radius 1 is 1.40 bits per heavy atom. The number of nitrogens with zero attached hydrogens (tertiary/aromatic N) is 2. The molecule has 1 heterocycles.